The van der Waals surface area contributed by atoms with E-state index in [0.29, 0.717) is 11.2 Å². The quantitative estimate of drug-likeness (QED) is 0.658. The third-order valence-corrected chi connectivity index (χ3v) is 3.18. The van der Waals surface area contributed by atoms with Crippen molar-refractivity contribution in [3.05, 3.63) is 22.4 Å². The number of esters is 1. The zero-order chi connectivity index (χ0) is 13.1. The first kappa shape index (κ1) is 13.9. The van der Waals surface area contributed by atoms with Crippen molar-refractivity contribution in [3.8, 4) is 0 Å². The summed E-state index contributed by atoms with van der Waals surface area (Å²) in [6.07, 6.45) is 0.562. The van der Waals surface area contributed by atoms with E-state index in [4.69, 9.17) is 10.5 Å². The first-order valence-corrected chi connectivity index (χ1v) is 6.17. The number of carbonyl (C=O) groups is 2. The van der Waals surface area contributed by atoms with Crippen molar-refractivity contribution in [1.29, 1.82) is 0 Å². The minimum Gasteiger partial charge on any atom is -0.458 e. The Labute approximate surface area is 105 Å². The van der Waals surface area contributed by atoms with Gasteiger partial charge >= 0.3 is 5.97 Å². The Balaban J connectivity index is 3.00. The normalized spacial score (nSPS) is 15.1. The van der Waals surface area contributed by atoms with Crippen LogP contribution in [-0.4, -0.2) is 17.9 Å². The van der Waals surface area contributed by atoms with Gasteiger partial charge < -0.3 is 15.3 Å². The van der Waals surface area contributed by atoms with Crippen LogP contribution in [0.5, 0.6) is 0 Å². The van der Waals surface area contributed by atoms with Crippen LogP contribution >= 0.6 is 11.3 Å². The molecule has 0 radical (unpaired) electrons. The number of aldehydes is 1. The molecule has 1 unspecified atom stereocenters. The Hall–Kier alpha value is -1.20. The molecule has 0 bridgehead atoms. The number of nitrogens with two attached hydrogens (primary N) is 1. The van der Waals surface area contributed by atoms with E-state index in [0.717, 1.165) is 0 Å². The van der Waals surface area contributed by atoms with Gasteiger partial charge in [0.2, 0.25) is 0 Å². The number of thiophene rings is 1. The van der Waals surface area contributed by atoms with Gasteiger partial charge in [0, 0.05) is 11.3 Å². The van der Waals surface area contributed by atoms with Crippen LogP contribution in [0.3, 0.4) is 0 Å². The third-order valence-electron chi connectivity index (χ3n) is 2.13. The average molecular weight is 255 g/mol. The second-order valence-electron chi connectivity index (χ2n) is 4.82. The van der Waals surface area contributed by atoms with E-state index in [1.165, 1.54) is 11.3 Å². The van der Waals surface area contributed by atoms with Crippen LogP contribution < -0.4 is 5.73 Å². The van der Waals surface area contributed by atoms with Gasteiger partial charge in [0.1, 0.15) is 11.9 Å². The number of ether oxygens (including phenoxy) is 1. The summed E-state index contributed by atoms with van der Waals surface area (Å²) in [5, 5.41) is 1.81. The SMILES string of the molecule is CC(C)(C)OC(=O)C(N)(CC=O)c1cccs1. The Kier molecular flexibility index (Phi) is 4.06. The number of rotatable bonds is 4. The van der Waals surface area contributed by atoms with Crippen molar-refractivity contribution in [3.63, 3.8) is 0 Å². The van der Waals surface area contributed by atoms with Crippen LogP contribution in [-0.2, 0) is 19.9 Å². The Morgan fingerprint density at radius 1 is 1.53 bits per heavy atom. The van der Waals surface area contributed by atoms with Crippen LogP contribution in [0.4, 0.5) is 0 Å². The zero-order valence-corrected chi connectivity index (χ0v) is 11.0. The van der Waals surface area contributed by atoms with Crippen LogP contribution in [0.2, 0.25) is 0 Å². The molecule has 0 aliphatic rings. The first-order chi connectivity index (χ1) is 7.79. The van der Waals surface area contributed by atoms with Crippen LogP contribution in [0.15, 0.2) is 17.5 Å². The van der Waals surface area contributed by atoms with Crippen molar-refractivity contribution in [2.45, 2.75) is 38.3 Å². The fraction of sp³-hybridized carbons (Fsp3) is 0.500. The fourth-order valence-corrected chi connectivity index (χ4v) is 2.16. The lowest BCUT2D eigenvalue weighted by molar-refractivity contribution is -0.162. The highest BCUT2D eigenvalue weighted by Crippen LogP contribution is 2.29. The standard InChI is InChI=1S/C12H17NO3S/c1-11(2,3)16-10(15)12(13,6-7-14)9-5-4-8-17-9/h4-5,7-8H,6,13H2,1-3H3. The lowest BCUT2D eigenvalue weighted by Gasteiger charge is -2.29. The van der Waals surface area contributed by atoms with E-state index in [1.54, 1.807) is 32.9 Å². The summed E-state index contributed by atoms with van der Waals surface area (Å²) in [6, 6.07) is 3.52. The maximum atomic E-state index is 12.1. The van der Waals surface area contributed by atoms with E-state index < -0.39 is 17.1 Å². The molecule has 4 nitrogen and oxygen atoms in total. The molecule has 0 fully saturated rings. The minimum atomic E-state index is -1.37. The first-order valence-electron chi connectivity index (χ1n) is 5.29. The predicted octanol–water partition coefficient (Wildman–Crippen LogP) is 1.83. The summed E-state index contributed by atoms with van der Waals surface area (Å²) in [7, 11) is 0. The third kappa shape index (κ3) is 3.38. The van der Waals surface area contributed by atoms with Crippen molar-refractivity contribution in [2.75, 3.05) is 0 Å². The number of hydrogen-bond donors (Lipinski definition) is 1. The lowest BCUT2D eigenvalue weighted by atomic mass is 9.95. The maximum absolute atomic E-state index is 12.1. The highest BCUT2D eigenvalue weighted by molar-refractivity contribution is 7.10. The minimum absolute atomic E-state index is 0.0809. The van der Waals surface area contributed by atoms with Gasteiger partial charge in [0.05, 0.1) is 0 Å². The summed E-state index contributed by atoms with van der Waals surface area (Å²) in [5.41, 5.74) is 4.03. The number of carbonyl (C=O) groups excluding carboxylic acids is 2. The van der Waals surface area contributed by atoms with E-state index in [2.05, 4.69) is 0 Å². The Morgan fingerprint density at radius 2 is 2.18 bits per heavy atom. The van der Waals surface area contributed by atoms with Gasteiger partial charge in [0.15, 0.2) is 5.54 Å². The predicted molar refractivity (Wildman–Crippen MR) is 66.7 cm³/mol. The van der Waals surface area contributed by atoms with Gasteiger partial charge in [0.25, 0.3) is 0 Å². The highest BCUT2D eigenvalue weighted by Gasteiger charge is 2.40. The monoisotopic (exact) mass is 255 g/mol. The molecule has 1 atom stereocenters. The molecule has 1 aromatic heterocycles. The molecule has 94 valence electrons. The van der Waals surface area contributed by atoms with Crippen LogP contribution in [0.1, 0.15) is 32.1 Å². The average Bonchev–Trinajstić information content (AvgIpc) is 2.68. The molecule has 1 rings (SSSR count). The molecule has 5 heteroatoms. The van der Waals surface area contributed by atoms with E-state index in [-0.39, 0.29) is 6.42 Å². The van der Waals surface area contributed by atoms with Crippen LogP contribution in [0.25, 0.3) is 0 Å². The summed E-state index contributed by atoms with van der Waals surface area (Å²) in [5.74, 6) is -0.570. The second-order valence-corrected chi connectivity index (χ2v) is 5.77. The molecule has 0 spiro atoms. The van der Waals surface area contributed by atoms with Gasteiger partial charge in [-0.25, -0.2) is 4.79 Å². The molecule has 0 saturated heterocycles. The van der Waals surface area contributed by atoms with Gasteiger partial charge in [-0.1, -0.05) is 6.07 Å². The van der Waals surface area contributed by atoms with Crippen molar-refractivity contribution in [2.24, 2.45) is 5.73 Å². The zero-order valence-electron chi connectivity index (χ0n) is 10.2. The van der Waals surface area contributed by atoms with E-state index in [9.17, 15) is 9.59 Å². The van der Waals surface area contributed by atoms with Crippen molar-refractivity contribution in [1.82, 2.24) is 0 Å². The molecule has 1 aromatic rings. The summed E-state index contributed by atoms with van der Waals surface area (Å²) < 4.78 is 5.26. The molecule has 1 heterocycles. The molecular formula is C12H17NO3S. The van der Waals surface area contributed by atoms with Gasteiger partial charge in [-0.15, -0.1) is 11.3 Å². The van der Waals surface area contributed by atoms with Gasteiger partial charge in [-0.3, -0.25) is 0 Å². The topological polar surface area (TPSA) is 69.4 Å². The summed E-state index contributed by atoms with van der Waals surface area (Å²) >= 11 is 1.34. The second kappa shape index (κ2) is 4.98. The highest BCUT2D eigenvalue weighted by atomic mass is 32.1. The number of hydrogen-bond acceptors (Lipinski definition) is 5. The smallest absolute Gasteiger partial charge is 0.332 e. The molecule has 0 saturated carbocycles. The molecule has 0 aromatic carbocycles. The summed E-state index contributed by atoms with van der Waals surface area (Å²) in [6.45, 7) is 5.29. The molecule has 17 heavy (non-hydrogen) atoms. The molecule has 0 aliphatic carbocycles. The lowest BCUT2D eigenvalue weighted by Crippen LogP contribution is -2.48. The van der Waals surface area contributed by atoms with Crippen molar-refractivity contribution < 1.29 is 14.3 Å². The molecule has 0 aliphatic heterocycles. The molecule has 0 amide bonds. The van der Waals surface area contributed by atoms with Crippen molar-refractivity contribution >= 4 is 23.6 Å². The largest absolute Gasteiger partial charge is 0.458 e. The van der Waals surface area contributed by atoms with E-state index in [1.807, 2.05) is 5.38 Å². The summed E-state index contributed by atoms with van der Waals surface area (Å²) in [4.78, 5) is 23.4. The van der Waals surface area contributed by atoms with E-state index >= 15 is 0 Å². The maximum Gasteiger partial charge on any atom is 0.332 e. The van der Waals surface area contributed by atoms with Gasteiger partial charge in [-0.2, -0.15) is 0 Å². The molecule has 2 N–H and O–H groups in total. The Bertz CT molecular complexity index is 394. The van der Waals surface area contributed by atoms with Crippen LogP contribution in [0, 0.1) is 0 Å². The fourth-order valence-electron chi connectivity index (χ4n) is 1.32. The Morgan fingerprint density at radius 3 is 2.59 bits per heavy atom. The van der Waals surface area contributed by atoms with Gasteiger partial charge in [-0.05, 0) is 32.2 Å². The molecular weight excluding hydrogens is 238 g/mol.